The molecule has 1 aliphatic heterocycles. The van der Waals surface area contributed by atoms with Gasteiger partial charge in [0.1, 0.15) is 5.37 Å². The van der Waals surface area contributed by atoms with Gasteiger partial charge in [0.15, 0.2) is 0 Å². The number of hydrogen-bond donors (Lipinski definition) is 0. The first-order chi connectivity index (χ1) is 11.2. The van der Waals surface area contributed by atoms with Crippen molar-refractivity contribution in [2.75, 3.05) is 12.9 Å². The summed E-state index contributed by atoms with van der Waals surface area (Å²) in [6.07, 6.45) is 0. The van der Waals surface area contributed by atoms with Gasteiger partial charge in [-0.2, -0.15) is 0 Å². The zero-order valence-electron chi connectivity index (χ0n) is 12.8. The second-order valence-corrected chi connectivity index (χ2v) is 6.35. The lowest BCUT2D eigenvalue weighted by atomic mass is 10.1. The molecule has 0 N–H and O–H groups in total. The summed E-state index contributed by atoms with van der Waals surface area (Å²) in [5.41, 5.74) is 2.64. The minimum atomic E-state index is -0.354. The lowest BCUT2D eigenvalue weighted by molar-refractivity contribution is -0.128. The van der Waals surface area contributed by atoms with Gasteiger partial charge in [-0.25, -0.2) is 4.79 Å². The molecule has 1 amide bonds. The molecule has 3 rings (SSSR count). The van der Waals surface area contributed by atoms with Crippen molar-refractivity contribution in [1.29, 1.82) is 0 Å². The standard InChI is InChI=1S/C18H17NO3S/c1-22-18(21)15-9-7-14(8-10-15)17-19(16(20)12-23-17)11-13-5-3-2-4-6-13/h2-10,17H,11-12H2,1H3/t17-/m0/s1. The van der Waals surface area contributed by atoms with E-state index in [1.165, 1.54) is 7.11 Å². The van der Waals surface area contributed by atoms with Crippen LogP contribution in [-0.2, 0) is 16.1 Å². The molecule has 4 nitrogen and oxygen atoms in total. The Bertz CT molecular complexity index is 700. The first-order valence-corrected chi connectivity index (χ1v) is 8.37. The molecule has 1 fully saturated rings. The van der Waals surface area contributed by atoms with Crippen LogP contribution in [0.15, 0.2) is 54.6 Å². The molecule has 0 saturated carbocycles. The van der Waals surface area contributed by atoms with Crippen LogP contribution in [0.4, 0.5) is 0 Å². The number of carbonyl (C=O) groups excluding carboxylic acids is 2. The summed E-state index contributed by atoms with van der Waals surface area (Å²) < 4.78 is 4.71. The van der Waals surface area contributed by atoms with E-state index in [0.717, 1.165) is 11.1 Å². The van der Waals surface area contributed by atoms with E-state index in [-0.39, 0.29) is 17.3 Å². The zero-order chi connectivity index (χ0) is 16.2. The van der Waals surface area contributed by atoms with Crippen molar-refractivity contribution in [3.63, 3.8) is 0 Å². The second kappa shape index (κ2) is 6.87. The van der Waals surface area contributed by atoms with E-state index in [2.05, 4.69) is 0 Å². The molecule has 5 heteroatoms. The molecule has 2 aromatic rings. The zero-order valence-corrected chi connectivity index (χ0v) is 13.6. The van der Waals surface area contributed by atoms with Gasteiger partial charge in [0.05, 0.1) is 18.4 Å². The molecule has 23 heavy (non-hydrogen) atoms. The highest BCUT2D eigenvalue weighted by atomic mass is 32.2. The van der Waals surface area contributed by atoms with Gasteiger partial charge in [0.2, 0.25) is 5.91 Å². The van der Waals surface area contributed by atoms with E-state index >= 15 is 0 Å². The number of methoxy groups -OCH3 is 1. The van der Waals surface area contributed by atoms with E-state index < -0.39 is 0 Å². The third-order valence-corrected chi connectivity index (χ3v) is 5.04. The molecular weight excluding hydrogens is 310 g/mol. The highest BCUT2D eigenvalue weighted by molar-refractivity contribution is 8.00. The molecule has 1 saturated heterocycles. The first kappa shape index (κ1) is 15.6. The van der Waals surface area contributed by atoms with Crippen molar-refractivity contribution in [3.05, 3.63) is 71.3 Å². The molecule has 1 aliphatic rings. The number of esters is 1. The Labute approximate surface area is 139 Å². The summed E-state index contributed by atoms with van der Waals surface area (Å²) in [7, 11) is 1.36. The van der Waals surface area contributed by atoms with E-state index in [1.807, 2.05) is 47.4 Å². The molecular formula is C18H17NO3S. The van der Waals surface area contributed by atoms with Crippen molar-refractivity contribution in [2.24, 2.45) is 0 Å². The van der Waals surface area contributed by atoms with E-state index in [9.17, 15) is 9.59 Å². The maximum Gasteiger partial charge on any atom is 0.337 e. The fraction of sp³-hybridized carbons (Fsp3) is 0.222. The van der Waals surface area contributed by atoms with Gasteiger partial charge < -0.3 is 9.64 Å². The minimum Gasteiger partial charge on any atom is -0.465 e. The van der Waals surface area contributed by atoms with Crippen LogP contribution in [0.2, 0.25) is 0 Å². The Balaban J connectivity index is 1.80. The number of hydrogen-bond acceptors (Lipinski definition) is 4. The largest absolute Gasteiger partial charge is 0.465 e. The predicted molar refractivity (Wildman–Crippen MR) is 90.0 cm³/mol. The summed E-state index contributed by atoms with van der Waals surface area (Å²) >= 11 is 1.61. The van der Waals surface area contributed by atoms with Gasteiger partial charge in [-0.3, -0.25) is 4.79 Å². The lowest BCUT2D eigenvalue weighted by Crippen LogP contribution is -2.27. The van der Waals surface area contributed by atoms with Crippen LogP contribution in [0.25, 0.3) is 0 Å². The maximum atomic E-state index is 12.2. The van der Waals surface area contributed by atoms with E-state index in [4.69, 9.17) is 4.74 Å². The fourth-order valence-corrected chi connectivity index (χ4v) is 3.77. The average molecular weight is 327 g/mol. The lowest BCUT2D eigenvalue weighted by Gasteiger charge is -2.24. The average Bonchev–Trinajstić information content (AvgIpc) is 2.96. The molecule has 0 aliphatic carbocycles. The Morgan fingerprint density at radius 2 is 1.87 bits per heavy atom. The highest BCUT2D eigenvalue weighted by Gasteiger charge is 2.32. The minimum absolute atomic E-state index is 0.0191. The van der Waals surface area contributed by atoms with Gasteiger partial charge in [-0.05, 0) is 23.3 Å². The molecule has 1 heterocycles. The third-order valence-electron chi connectivity index (χ3n) is 3.78. The number of nitrogens with zero attached hydrogens (tertiary/aromatic N) is 1. The molecule has 0 spiro atoms. The van der Waals surface area contributed by atoms with E-state index in [0.29, 0.717) is 17.9 Å². The summed E-state index contributed by atoms with van der Waals surface area (Å²) in [6, 6.07) is 17.2. The van der Waals surface area contributed by atoms with Gasteiger partial charge in [0.25, 0.3) is 0 Å². The van der Waals surface area contributed by atoms with Gasteiger partial charge in [0, 0.05) is 6.54 Å². The van der Waals surface area contributed by atoms with Gasteiger partial charge in [-0.15, -0.1) is 11.8 Å². The van der Waals surface area contributed by atoms with Gasteiger partial charge >= 0.3 is 5.97 Å². The molecule has 0 aromatic heterocycles. The molecule has 0 radical (unpaired) electrons. The topological polar surface area (TPSA) is 46.6 Å². The molecule has 2 aromatic carbocycles. The Hall–Kier alpha value is -2.27. The summed E-state index contributed by atoms with van der Waals surface area (Å²) in [6.45, 7) is 0.593. The van der Waals surface area contributed by atoms with Crippen molar-refractivity contribution < 1.29 is 14.3 Å². The Morgan fingerprint density at radius 1 is 1.17 bits per heavy atom. The summed E-state index contributed by atoms with van der Waals surface area (Å²) in [5, 5.41) is -0.0191. The number of amides is 1. The normalized spacial score (nSPS) is 17.3. The molecule has 0 unspecified atom stereocenters. The number of rotatable bonds is 4. The van der Waals surface area contributed by atoms with Crippen LogP contribution >= 0.6 is 11.8 Å². The van der Waals surface area contributed by atoms with Crippen LogP contribution < -0.4 is 0 Å². The Morgan fingerprint density at radius 3 is 2.52 bits per heavy atom. The SMILES string of the molecule is COC(=O)c1ccc([C@@H]2SCC(=O)N2Cc2ccccc2)cc1. The Kier molecular flexibility index (Phi) is 4.67. The van der Waals surface area contributed by atoms with E-state index in [1.54, 1.807) is 23.9 Å². The second-order valence-electron chi connectivity index (χ2n) is 5.28. The molecule has 118 valence electrons. The van der Waals surface area contributed by atoms with Crippen LogP contribution in [0.3, 0.4) is 0 Å². The highest BCUT2D eigenvalue weighted by Crippen LogP contribution is 2.39. The van der Waals surface area contributed by atoms with Crippen molar-refractivity contribution in [2.45, 2.75) is 11.9 Å². The first-order valence-electron chi connectivity index (χ1n) is 7.32. The van der Waals surface area contributed by atoms with Crippen LogP contribution in [0, 0.1) is 0 Å². The smallest absolute Gasteiger partial charge is 0.337 e. The fourth-order valence-electron chi connectivity index (χ4n) is 2.58. The van der Waals surface area contributed by atoms with Crippen LogP contribution in [0.1, 0.15) is 26.9 Å². The quantitative estimate of drug-likeness (QED) is 0.809. The van der Waals surface area contributed by atoms with Crippen molar-refractivity contribution in [1.82, 2.24) is 4.90 Å². The summed E-state index contributed by atoms with van der Waals surface area (Å²) in [4.78, 5) is 25.6. The molecule has 1 atom stereocenters. The number of ether oxygens (including phenoxy) is 1. The predicted octanol–water partition coefficient (Wildman–Crippen LogP) is 3.25. The number of benzene rings is 2. The van der Waals surface area contributed by atoms with Crippen molar-refractivity contribution >= 4 is 23.6 Å². The third kappa shape index (κ3) is 3.40. The van der Waals surface area contributed by atoms with Crippen LogP contribution in [-0.4, -0.2) is 29.6 Å². The number of carbonyl (C=O) groups is 2. The monoisotopic (exact) mass is 327 g/mol. The maximum absolute atomic E-state index is 12.2. The van der Waals surface area contributed by atoms with Gasteiger partial charge in [-0.1, -0.05) is 42.5 Å². The van der Waals surface area contributed by atoms with Crippen LogP contribution in [0.5, 0.6) is 0 Å². The van der Waals surface area contributed by atoms with Crippen molar-refractivity contribution in [3.8, 4) is 0 Å². The number of thioether (sulfide) groups is 1. The summed E-state index contributed by atoms with van der Waals surface area (Å²) in [5.74, 6) is 0.268. The molecule has 0 bridgehead atoms.